The Hall–Kier alpha value is -2.53. The fourth-order valence-corrected chi connectivity index (χ4v) is 3.33. The number of fused-ring (bicyclic) bond motifs is 1. The zero-order chi connectivity index (χ0) is 16.4. The first kappa shape index (κ1) is 15.4. The lowest BCUT2D eigenvalue weighted by Gasteiger charge is -2.07. The SMILES string of the molecule is C=CC1O/C(=C\NS(=O)(=O)c2ccc(C)cc2)c2ccccc21. The van der Waals surface area contributed by atoms with Crippen LogP contribution in [0.15, 0.2) is 72.3 Å². The Bertz CT molecular complexity index is 867. The molecule has 0 bridgehead atoms. The molecule has 0 saturated heterocycles. The van der Waals surface area contributed by atoms with Crippen LogP contribution in [-0.4, -0.2) is 8.42 Å². The molecule has 1 atom stereocenters. The lowest BCUT2D eigenvalue weighted by Crippen LogP contribution is -2.18. The van der Waals surface area contributed by atoms with E-state index < -0.39 is 10.0 Å². The lowest BCUT2D eigenvalue weighted by atomic mass is 10.0. The molecule has 5 heteroatoms. The number of ether oxygens (including phenoxy) is 1. The van der Waals surface area contributed by atoms with Gasteiger partial charge in [0.2, 0.25) is 0 Å². The summed E-state index contributed by atoms with van der Waals surface area (Å²) in [6, 6.07) is 14.3. The summed E-state index contributed by atoms with van der Waals surface area (Å²) in [6.07, 6.45) is 2.81. The second kappa shape index (κ2) is 5.93. The largest absolute Gasteiger partial charge is 0.479 e. The van der Waals surface area contributed by atoms with Gasteiger partial charge in [-0.1, -0.05) is 48.5 Å². The second-order valence-corrected chi connectivity index (χ2v) is 7.02. The van der Waals surface area contributed by atoms with E-state index in [-0.39, 0.29) is 11.0 Å². The molecule has 0 aliphatic carbocycles. The minimum Gasteiger partial charge on any atom is -0.479 e. The summed E-state index contributed by atoms with van der Waals surface area (Å²) in [6.45, 7) is 5.66. The molecule has 1 unspecified atom stereocenters. The molecule has 2 aromatic rings. The first-order valence-corrected chi connectivity index (χ1v) is 8.67. The summed E-state index contributed by atoms with van der Waals surface area (Å²) < 4.78 is 32.9. The highest BCUT2D eigenvalue weighted by Gasteiger charge is 2.25. The van der Waals surface area contributed by atoms with Crippen LogP contribution in [0.3, 0.4) is 0 Å². The van der Waals surface area contributed by atoms with Gasteiger partial charge in [0, 0.05) is 11.1 Å². The zero-order valence-electron chi connectivity index (χ0n) is 12.7. The molecular formula is C18H17NO3S. The van der Waals surface area contributed by atoms with Crippen LogP contribution >= 0.6 is 0 Å². The molecule has 0 fully saturated rings. The lowest BCUT2D eigenvalue weighted by molar-refractivity contribution is 0.236. The van der Waals surface area contributed by atoms with Gasteiger partial charge in [0.1, 0.15) is 11.9 Å². The van der Waals surface area contributed by atoms with Crippen LogP contribution in [-0.2, 0) is 14.8 Å². The first-order chi connectivity index (χ1) is 11.0. The second-order valence-electron chi connectivity index (χ2n) is 5.30. The van der Waals surface area contributed by atoms with Gasteiger partial charge in [0.05, 0.1) is 11.1 Å². The van der Waals surface area contributed by atoms with Crippen molar-refractivity contribution < 1.29 is 13.2 Å². The Kier molecular flexibility index (Phi) is 3.96. The van der Waals surface area contributed by atoms with Crippen molar-refractivity contribution in [3.8, 4) is 0 Å². The maximum atomic E-state index is 12.3. The number of benzene rings is 2. The maximum Gasteiger partial charge on any atom is 0.261 e. The minimum absolute atomic E-state index is 0.214. The number of nitrogens with one attached hydrogen (secondary N) is 1. The van der Waals surface area contributed by atoms with Crippen LogP contribution < -0.4 is 4.72 Å². The van der Waals surface area contributed by atoms with Gasteiger partial charge in [0.15, 0.2) is 0 Å². The molecule has 1 N–H and O–H groups in total. The molecule has 1 aliphatic rings. The van der Waals surface area contributed by atoms with E-state index in [4.69, 9.17) is 4.74 Å². The van der Waals surface area contributed by atoms with Crippen LogP contribution in [0.2, 0.25) is 0 Å². The van der Waals surface area contributed by atoms with Crippen molar-refractivity contribution >= 4 is 15.8 Å². The van der Waals surface area contributed by atoms with Crippen molar-refractivity contribution in [1.29, 1.82) is 0 Å². The molecule has 4 nitrogen and oxygen atoms in total. The number of sulfonamides is 1. The normalized spacial score (nSPS) is 18.3. The molecule has 0 radical (unpaired) electrons. The Labute approximate surface area is 136 Å². The van der Waals surface area contributed by atoms with Crippen molar-refractivity contribution in [3.63, 3.8) is 0 Å². The van der Waals surface area contributed by atoms with E-state index in [9.17, 15) is 8.42 Å². The molecule has 0 amide bonds. The summed E-state index contributed by atoms with van der Waals surface area (Å²) >= 11 is 0. The predicted octanol–water partition coefficient (Wildman–Crippen LogP) is 3.53. The van der Waals surface area contributed by atoms with Gasteiger partial charge in [-0.25, -0.2) is 8.42 Å². The predicted molar refractivity (Wildman–Crippen MR) is 89.9 cm³/mol. The maximum absolute atomic E-state index is 12.3. The van der Waals surface area contributed by atoms with E-state index in [1.165, 1.54) is 6.20 Å². The zero-order valence-corrected chi connectivity index (χ0v) is 13.5. The third kappa shape index (κ3) is 3.00. The molecule has 1 heterocycles. The summed E-state index contributed by atoms with van der Waals surface area (Å²) in [4.78, 5) is 0.214. The number of aryl methyl sites for hydroxylation is 1. The highest BCUT2D eigenvalue weighted by atomic mass is 32.2. The Morgan fingerprint density at radius 3 is 2.52 bits per heavy atom. The van der Waals surface area contributed by atoms with Crippen molar-refractivity contribution in [2.24, 2.45) is 0 Å². The van der Waals surface area contributed by atoms with Gasteiger partial charge < -0.3 is 4.74 Å². The van der Waals surface area contributed by atoms with Crippen LogP contribution in [0.4, 0.5) is 0 Å². The quantitative estimate of drug-likeness (QED) is 0.874. The molecule has 0 spiro atoms. The van der Waals surface area contributed by atoms with E-state index in [0.29, 0.717) is 5.76 Å². The van der Waals surface area contributed by atoms with Gasteiger partial charge in [0.25, 0.3) is 10.0 Å². The Morgan fingerprint density at radius 1 is 1.13 bits per heavy atom. The molecular weight excluding hydrogens is 310 g/mol. The molecule has 118 valence electrons. The highest BCUT2D eigenvalue weighted by Crippen LogP contribution is 2.38. The summed E-state index contributed by atoms with van der Waals surface area (Å²) in [7, 11) is -3.62. The number of hydrogen-bond donors (Lipinski definition) is 1. The average molecular weight is 327 g/mol. The van der Waals surface area contributed by atoms with Crippen LogP contribution in [0, 0.1) is 6.92 Å². The molecule has 1 aliphatic heterocycles. The monoisotopic (exact) mass is 327 g/mol. The Balaban J connectivity index is 1.89. The van der Waals surface area contributed by atoms with Gasteiger partial charge in [-0.2, -0.15) is 0 Å². The van der Waals surface area contributed by atoms with Gasteiger partial charge in [-0.3, -0.25) is 4.72 Å². The van der Waals surface area contributed by atoms with Crippen LogP contribution in [0.5, 0.6) is 0 Å². The standard InChI is InChI=1S/C18H17NO3S/c1-3-17-15-6-4-5-7-16(15)18(22-17)12-19-23(20,21)14-10-8-13(2)9-11-14/h3-12,17,19H,1H2,2H3/b18-12-. The van der Waals surface area contributed by atoms with Gasteiger partial charge in [-0.15, -0.1) is 0 Å². The van der Waals surface area contributed by atoms with Crippen molar-refractivity contribution in [1.82, 2.24) is 4.72 Å². The van der Waals surface area contributed by atoms with Gasteiger partial charge >= 0.3 is 0 Å². The van der Waals surface area contributed by atoms with E-state index in [1.54, 1.807) is 30.3 Å². The third-order valence-electron chi connectivity index (χ3n) is 3.68. The Morgan fingerprint density at radius 2 is 1.83 bits per heavy atom. The third-order valence-corrected chi connectivity index (χ3v) is 5.00. The fraction of sp³-hybridized carbons (Fsp3) is 0.111. The summed E-state index contributed by atoms with van der Waals surface area (Å²) in [5, 5.41) is 0. The van der Waals surface area contributed by atoms with Crippen molar-refractivity contribution in [2.75, 3.05) is 0 Å². The van der Waals surface area contributed by atoms with E-state index >= 15 is 0 Å². The topological polar surface area (TPSA) is 55.4 Å². The average Bonchev–Trinajstić information content (AvgIpc) is 2.92. The fourth-order valence-electron chi connectivity index (χ4n) is 2.44. The van der Waals surface area contributed by atoms with E-state index in [2.05, 4.69) is 11.3 Å². The molecule has 3 rings (SSSR count). The molecule has 23 heavy (non-hydrogen) atoms. The minimum atomic E-state index is -3.62. The van der Waals surface area contributed by atoms with Crippen LogP contribution in [0.25, 0.3) is 5.76 Å². The molecule has 2 aromatic carbocycles. The van der Waals surface area contributed by atoms with Crippen molar-refractivity contribution in [2.45, 2.75) is 17.9 Å². The molecule has 0 saturated carbocycles. The van der Waals surface area contributed by atoms with Crippen LogP contribution in [0.1, 0.15) is 22.8 Å². The van der Waals surface area contributed by atoms with E-state index in [1.807, 2.05) is 31.2 Å². The van der Waals surface area contributed by atoms with Crippen molar-refractivity contribution in [3.05, 3.63) is 84.1 Å². The summed E-state index contributed by atoms with van der Waals surface area (Å²) in [5.74, 6) is 0.487. The highest BCUT2D eigenvalue weighted by molar-refractivity contribution is 7.89. The van der Waals surface area contributed by atoms with E-state index in [0.717, 1.165) is 16.7 Å². The smallest absolute Gasteiger partial charge is 0.261 e. The first-order valence-electron chi connectivity index (χ1n) is 7.19. The number of hydrogen-bond acceptors (Lipinski definition) is 3. The van der Waals surface area contributed by atoms with Gasteiger partial charge in [-0.05, 0) is 25.1 Å². The number of rotatable bonds is 4. The molecule has 0 aromatic heterocycles. The summed E-state index contributed by atoms with van der Waals surface area (Å²) in [5.41, 5.74) is 2.84.